The van der Waals surface area contributed by atoms with Crippen molar-refractivity contribution in [3.63, 3.8) is 0 Å². The van der Waals surface area contributed by atoms with Gasteiger partial charge < -0.3 is 15.5 Å². The predicted octanol–water partition coefficient (Wildman–Crippen LogP) is 1.15. The topological polar surface area (TPSA) is 56.7 Å². The highest BCUT2D eigenvalue weighted by Gasteiger charge is 2.23. The number of rotatable bonds is 3. The second-order valence-electron chi connectivity index (χ2n) is 5.15. The number of anilines is 1. The summed E-state index contributed by atoms with van der Waals surface area (Å²) in [5, 5.41) is 6.22. The molecule has 1 aliphatic heterocycles. The molecule has 1 heterocycles. The van der Waals surface area contributed by atoms with Gasteiger partial charge in [-0.15, -0.1) is 0 Å². The Morgan fingerprint density at radius 3 is 2.85 bits per heavy atom. The first kappa shape index (κ1) is 14.4. The Hall–Kier alpha value is -2.04. The molecule has 1 amide bonds. The van der Waals surface area contributed by atoms with E-state index in [9.17, 15) is 4.79 Å². The van der Waals surface area contributed by atoms with Gasteiger partial charge in [-0.1, -0.05) is 18.2 Å². The fourth-order valence-corrected chi connectivity index (χ4v) is 2.32. The Morgan fingerprint density at radius 1 is 1.40 bits per heavy atom. The van der Waals surface area contributed by atoms with Gasteiger partial charge in [-0.05, 0) is 31.9 Å². The number of carbonyl (C=O) groups is 1. The van der Waals surface area contributed by atoms with Gasteiger partial charge in [0, 0.05) is 25.3 Å². The molecule has 0 fully saturated rings. The van der Waals surface area contributed by atoms with E-state index >= 15 is 0 Å². The number of nitrogens with zero attached hydrogens (tertiary/aromatic N) is 2. The molecule has 0 radical (unpaired) electrons. The predicted molar refractivity (Wildman–Crippen MR) is 82.1 cm³/mol. The maximum atomic E-state index is 12.3. The molecule has 2 rings (SSSR count). The summed E-state index contributed by atoms with van der Waals surface area (Å²) >= 11 is 0. The molecule has 0 saturated carbocycles. The van der Waals surface area contributed by atoms with Crippen LogP contribution < -0.4 is 15.5 Å². The smallest absolute Gasteiger partial charge is 0.246 e. The Kier molecular flexibility index (Phi) is 4.61. The molecule has 108 valence electrons. The first-order chi connectivity index (χ1) is 9.61. The van der Waals surface area contributed by atoms with Crippen LogP contribution in [-0.2, 0) is 11.2 Å². The number of benzene rings is 1. The van der Waals surface area contributed by atoms with E-state index in [2.05, 4.69) is 21.7 Å². The summed E-state index contributed by atoms with van der Waals surface area (Å²) in [6.45, 7) is 5.08. The average Bonchev–Trinajstić information content (AvgIpc) is 2.86. The number of hydrogen-bond acceptors (Lipinski definition) is 2. The number of nitrogens with one attached hydrogen (secondary N) is 2. The molecule has 0 spiro atoms. The normalized spacial score (nSPS) is 14.4. The summed E-state index contributed by atoms with van der Waals surface area (Å²) < 4.78 is 0. The van der Waals surface area contributed by atoms with Crippen molar-refractivity contribution in [2.24, 2.45) is 4.99 Å². The quantitative estimate of drug-likeness (QED) is 0.642. The first-order valence-electron chi connectivity index (χ1n) is 6.97. The second-order valence-corrected chi connectivity index (χ2v) is 5.15. The van der Waals surface area contributed by atoms with Crippen LogP contribution in [0.5, 0.6) is 0 Å². The minimum atomic E-state index is 0.0710. The van der Waals surface area contributed by atoms with Gasteiger partial charge in [-0.3, -0.25) is 9.79 Å². The van der Waals surface area contributed by atoms with E-state index < -0.39 is 0 Å². The SMILES string of the molecule is CN=C(NCC(=O)N1CCc2ccccc21)NC(C)C. The highest BCUT2D eigenvalue weighted by molar-refractivity contribution is 5.98. The lowest BCUT2D eigenvalue weighted by atomic mass is 10.2. The summed E-state index contributed by atoms with van der Waals surface area (Å²) in [6, 6.07) is 8.34. The largest absolute Gasteiger partial charge is 0.354 e. The second kappa shape index (κ2) is 6.41. The Balaban J connectivity index is 1.94. The molecule has 0 atom stereocenters. The van der Waals surface area contributed by atoms with Crippen molar-refractivity contribution >= 4 is 17.6 Å². The van der Waals surface area contributed by atoms with Crippen molar-refractivity contribution in [1.29, 1.82) is 0 Å². The van der Waals surface area contributed by atoms with Crippen molar-refractivity contribution in [2.45, 2.75) is 26.3 Å². The number of para-hydroxylation sites is 1. The van der Waals surface area contributed by atoms with E-state index in [0.29, 0.717) is 5.96 Å². The van der Waals surface area contributed by atoms with E-state index in [-0.39, 0.29) is 18.5 Å². The number of carbonyl (C=O) groups excluding carboxylic acids is 1. The number of amides is 1. The van der Waals surface area contributed by atoms with Gasteiger partial charge in [0.1, 0.15) is 0 Å². The number of hydrogen-bond donors (Lipinski definition) is 2. The third-order valence-corrected chi connectivity index (χ3v) is 3.24. The molecule has 2 N–H and O–H groups in total. The molecule has 1 aromatic carbocycles. The van der Waals surface area contributed by atoms with E-state index in [1.165, 1.54) is 5.56 Å². The van der Waals surface area contributed by atoms with Gasteiger partial charge in [-0.2, -0.15) is 0 Å². The molecule has 0 bridgehead atoms. The summed E-state index contributed by atoms with van der Waals surface area (Å²) in [5.41, 5.74) is 2.27. The lowest BCUT2D eigenvalue weighted by Gasteiger charge is -2.19. The van der Waals surface area contributed by atoms with Crippen LogP contribution in [0.3, 0.4) is 0 Å². The molecule has 0 aliphatic carbocycles. The minimum Gasteiger partial charge on any atom is -0.354 e. The van der Waals surface area contributed by atoms with Crippen molar-refractivity contribution in [2.75, 3.05) is 25.0 Å². The Bertz CT molecular complexity index is 510. The van der Waals surface area contributed by atoms with E-state index in [1.54, 1.807) is 7.05 Å². The summed E-state index contributed by atoms with van der Waals surface area (Å²) in [4.78, 5) is 18.2. The highest BCUT2D eigenvalue weighted by atomic mass is 16.2. The maximum Gasteiger partial charge on any atom is 0.246 e. The first-order valence-corrected chi connectivity index (χ1v) is 6.97. The molecule has 5 heteroatoms. The van der Waals surface area contributed by atoms with Crippen LogP contribution in [0.4, 0.5) is 5.69 Å². The van der Waals surface area contributed by atoms with Crippen LogP contribution >= 0.6 is 0 Å². The van der Waals surface area contributed by atoms with Gasteiger partial charge in [0.25, 0.3) is 0 Å². The van der Waals surface area contributed by atoms with Crippen molar-refractivity contribution in [1.82, 2.24) is 10.6 Å². The van der Waals surface area contributed by atoms with Gasteiger partial charge in [0.15, 0.2) is 5.96 Å². The lowest BCUT2D eigenvalue weighted by molar-refractivity contribution is -0.117. The fourth-order valence-electron chi connectivity index (χ4n) is 2.32. The van der Waals surface area contributed by atoms with Gasteiger partial charge in [0.2, 0.25) is 5.91 Å². The number of fused-ring (bicyclic) bond motifs is 1. The lowest BCUT2D eigenvalue weighted by Crippen LogP contribution is -2.46. The maximum absolute atomic E-state index is 12.3. The van der Waals surface area contributed by atoms with E-state index in [4.69, 9.17) is 0 Å². The Morgan fingerprint density at radius 2 is 2.15 bits per heavy atom. The monoisotopic (exact) mass is 274 g/mol. The zero-order valence-electron chi connectivity index (χ0n) is 12.3. The van der Waals surface area contributed by atoms with Crippen LogP contribution in [0.1, 0.15) is 19.4 Å². The van der Waals surface area contributed by atoms with Crippen molar-refractivity contribution in [3.05, 3.63) is 29.8 Å². The minimum absolute atomic E-state index is 0.0710. The van der Waals surface area contributed by atoms with E-state index in [0.717, 1.165) is 18.7 Å². The Labute approximate surface area is 120 Å². The molecular weight excluding hydrogens is 252 g/mol. The average molecular weight is 274 g/mol. The van der Waals surface area contributed by atoms with Gasteiger partial charge >= 0.3 is 0 Å². The molecule has 20 heavy (non-hydrogen) atoms. The molecule has 0 unspecified atom stereocenters. The summed E-state index contributed by atoms with van der Waals surface area (Å²) in [7, 11) is 1.70. The van der Waals surface area contributed by atoms with Crippen LogP contribution in [0.15, 0.2) is 29.3 Å². The zero-order chi connectivity index (χ0) is 14.5. The highest BCUT2D eigenvalue weighted by Crippen LogP contribution is 2.27. The van der Waals surface area contributed by atoms with Crippen molar-refractivity contribution in [3.8, 4) is 0 Å². The molecule has 0 saturated heterocycles. The zero-order valence-corrected chi connectivity index (χ0v) is 12.3. The van der Waals surface area contributed by atoms with Crippen LogP contribution in [0.25, 0.3) is 0 Å². The standard InChI is InChI=1S/C15H22N4O/c1-11(2)18-15(16-3)17-10-14(20)19-9-8-12-6-4-5-7-13(12)19/h4-7,11H,8-10H2,1-3H3,(H2,16,17,18). The molecule has 0 aromatic heterocycles. The third kappa shape index (κ3) is 3.29. The van der Waals surface area contributed by atoms with Gasteiger partial charge in [0.05, 0.1) is 6.54 Å². The molecule has 5 nitrogen and oxygen atoms in total. The summed E-state index contributed by atoms with van der Waals surface area (Å²) in [6.07, 6.45) is 0.931. The summed E-state index contributed by atoms with van der Waals surface area (Å²) in [5.74, 6) is 0.725. The molecule has 1 aliphatic rings. The van der Waals surface area contributed by atoms with Crippen molar-refractivity contribution < 1.29 is 4.79 Å². The third-order valence-electron chi connectivity index (χ3n) is 3.24. The molecule has 1 aromatic rings. The number of guanidine groups is 1. The fraction of sp³-hybridized carbons (Fsp3) is 0.467. The van der Waals surface area contributed by atoms with E-state index in [1.807, 2.05) is 36.9 Å². The van der Waals surface area contributed by atoms with Crippen LogP contribution in [0, 0.1) is 0 Å². The molecular formula is C15H22N4O. The van der Waals surface area contributed by atoms with Crippen LogP contribution in [0.2, 0.25) is 0 Å². The van der Waals surface area contributed by atoms with Gasteiger partial charge in [-0.25, -0.2) is 0 Å². The van der Waals surface area contributed by atoms with Crippen LogP contribution in [-0.4, -0.2) is 38.0 Å². The number of aliphatic imine (C=N–C) groups is 1.